The molecule has 156 valence electrons. The number of esters is 1. The Labute approximate surface area is 153 Å². The Morgan fingerprint density at radius 1 is 1.07 bits per heavy atom. The first-order valence-corrected chi connectivity index (χ1v) is 8.94. The average Bonchev–Trinajstić information content (AvgIpc) is 3.08. The van der Waals surface area contributed by atoms with Crippen LogP contribution < -0.4 is 0 Å². The lowest BCUT2D eigenvalue weighted by Crippen LogP contribution is -2.58. The number of carbonyl (C=O) groups excluding carboxylic acids is 1. The highest BCUT2D eigenvalue weighted by atomic mass is 19.4. The Morgan fingerprint density at radius 3 is 2.11 bits per heavy atom. The molecule has 4 unspecified atom stereocenters. The first kappa shape index (κ1) is 22.0. The number of carbonyl (C=O) groups is 1. The number of hydrogen-bond donors (Lipinski definition) is 1. The first-order chi connectivity index (χ1) is 12.3. The van der Waals surface area contributed by atoms with Crippen molar-refractivity contribution in [2.24, 2.45) is 23.7 Å². The number of fused-ring (bicyclic) bond motifs is 2. The summed E-state index contributed by atoms with van der Waals surface area (Å²) in [5.74, 6) is -1.54. The van der Waals surface area contributed by atoms with Crippen molar-refractivity contribution in [3.05, 3.63) is 12.2 Å². The highest BCUT2D eigenvalue weighted by molar-refractivity contribution is 5.86. The van der Waals surface area contributed by atoms with Crippen molar-refractivity contribution in [1.82, 2.24) is 0 Å². The molecule has 0 aliphatic heterocycles. The van der Waals surface area contributed by atoms with Gasteiger partial charge in [0.1, 0.15) is 0 Å². The standard InChI is InChI=1S/C18H24F6O3/c1-10(2)15(25)27-5-3-4-12-6-11-7-13(14(12)8-11)9-16(26,17(19,20)21)18(22,23)24/h11-14,26H,1,3-9H2,2H3. The largest absolute Gasteiger partial charge is 0.462 e. The second-order valence-electron chi connectivity index (χ2n) is 7.88. The molecule has 2 bridgehead atoms. The van der Waals surface area contributed by atoms with Crippen LogP contribution in [0.1, 0.15) is 45.4 Å². The predicted molar refractivity (Wildman–Crippen MR) is 84.5 cm³/mol. The van der Waals surface area contributed by atoms with Crippen LogP contribution in [0.2, 0.25) is 0 Å². The van der Waals surface area contributed by atoms with E-state index in [0.717, 1.165) is 6.42 Å². The molecule has 1 N–H and O–H groups in total. The molecular formula is C18H24F6O3. The molecule has 2 aliphatic rings. The van der Waals surface area contributed by atoms with Gasteiger partial charge in [-0.3, -0.25) is 0 Å². The summed E-state index contributed by atoms with van der Waals surface area (Å²) in [7, 11) is 0. The van der Waals surface area contributed by atoms with Crippen molar-refractivity contribution >= 4 is 5.97 Å². The minimum Gasteiger partial charge on any atom is -0.462 e. The summed E-state index contributed by atoms with van der Waals surface area (Å²) >= 11 is 0. The van der Waals surface area contributed by atoms with Crippen molar-refractivity contribution in [3.8, 4) is 0 Å². The third-order valence-electron chi connectivity index (χ3n) is 5.89. The zero-order chi connectivity index (χ0) is 20.6. The van der Waals surface area contributed by atoms with Gasteiger partial charge in [-0.15, -0.1) is 0 Å². The summed E-state index contributed by atoms with van der Waals surface area (Å²) in [5.41, 5.74) is -4.41. The van der Waals surface area contributed by atoms with E-state index >= 15 is 0 Å². The summed E-state index contributed by atoms with van der Waals surface area (Å²) in [5, 5.41) is 9.47. The number of aliphatic hydroxyl groups is 1. The van der Waals surface area contributed by atoms with Crippen molar-refractivity contribution in [3.63, 3.8) is 0 Å². The molecule has 0 aromatic heterocycles. The summed E-state index contributed by atoms with van der Waals surface area (Å²) in [6, 6.07) is 0. The highest BCUT2D eigenvalue weighted by Gasteiger charge is 2.71. The topological polar surface area (TPSA) is 46.5 Å². The van der Waals surface area contributed by atoms with Gasteiger partial charge in [0, 0.05) is 5.57 Å². The number of rotatable bonds is 7. The van der Waals surface area contributed by atoms with Gasteiger partial charge < -0.3 is 9.84 Å². The van der Waals surface area contributed by atoms with Gasteiger partial charge in [0.25, 0.3) is 5.60 Å². The van der Waals surface area contributed by atoms with Crippen molar-refractivity contribution in [2.75, 3.05) is 6.61 Å². The van der Waals surface area contributed by atoms with Gasteiger partial charge in [0.2, 0.25) is 0 Å². The van der Waals surface area contributed by atoms with Crippen LogP contribution in [0.15, 0.2) is 12.2 Å². The number of ether oxygens (including phenoxy) is 1. The molecule has 3 nitrogen and oxygen atoms in total. The number of alkyl halides is 6. The zero-order valence-electron chi connectivity index (χ0n) is 15.0. The van der Waals surface area contributed by atoms with Gasteiger partial charge in [-0.05, 0) is 69.1 Å². The Bertz CT molecular complexity index is 554. The van der Waals surface area contributed by atoms with Crippen LogP contribution in [0.25, 0.3) is 0 Å². The second kappa shape index (κ2) is 7.64. The molecule has 2 saturated carbocycles. The number of halogens is 6. The molecule has 2 rings (SSSR count). The van der Waals surface area contributed by atoms with Crippen LogP contribution >= 0.6 is 0 Å². The fourth-order valence-corrected chi connectivity index (χ4v) is 4.62. The van der Waals surface area contributed by atoms with Gasteiger partial charge in [-0.25, -0.2) is 4.79 Å². The molecular weight excluding hydrogens is 378 g/mol. The van der Waals surface area contributed by atoms with Crippen LogP contribution in [-0.4, -0.2) is 35.6 Å². The van der Waals surface area contributed by atoms with Crippen LogP contribution in [0.5, 0.6) is 0 Å². The van der Waals surface area contributed by atoms with Crippen molar-refractivity contribution in [1.29, 1.82) is 0 Å². The second-order valence-corrected chi connectivity index (χ2v) is 7.88. The van der Waals surface area contributed by atoms with E-state index in [1.54, 1.807) is 0 Å². The molecule has 27 heavy (non-hydrogen) atoms. The maximum Gasteiger partial charge on any atom is 0.426 e. The lowest BCUT2D eigenvalue weighted by molar-refractivity contribution is -0.373. The fourth-order valence-electron chi connectivity index (χ4n) is 4.62. The lowest BCUT2D eigenvalue weighted by atomic mass is 9.73. The molecule has 0 saturated heterocycles. The van der Waals surface area contributed by atoms with Crippen LogP contribution in [-0.2, 0) is 9.53 Å². The van der Waals surface area contributed by atoms with Gasteiger partial charge >= 0.3 is 18.3 Å². The van der Waals surface area contributed by atoms with Gasteiger partial charge in [0.05, 0.1) is 6.61 Å². The monoisotopic (exact) mass is 402 g/mol. The highest BCUT2D eigenvalue weighted by Crippen LogP contribution is 2.58. The van der Waals surface area contributed by atoms with E-state index < -0.39 is 36.3 Å². The Kier molecular flexibility index (Phi) is 6.24. The molecule has 0 heterocycles. The Hall–Kier alpha value is -1.25. The van der Waals surface area contributed by atoms with E-state index in [1.807, 2.05) is 0 Å². The molecule has 2 fully saturated rings. The van der Waals surface area contributed by atoms with E-state index in [2.05, 4.69) is 6.58 Å². The van der Waals surface area contributed by atoms with Crippen molar-refractivity contribution in [2.45, 2.75) is 63.4 Å². The van der Waals surface area contributed by atoms with E-state index in [4.69, 9.17) is 4.74 Å². The quantitative estimate of drug-likeness (QED) is 0.288. The van der Waals surface area contributed by atoms with E-state index in [0.29, 0.717) is 19.3 Å². The number of hydrogen-bond acceptors (Lipinski definition) is 3. The van der Waals surface area contributed by atoms with E-state index in [1.165, 1.54) is 6.92 Å². The molecule has 9 heteroatoms. The Morgan fingerprint density at radius 2 is 1.63 bits per heavy atom. The molecule has 0 aromatic rings. The molecule has 4 atom stereocenters. The van der Waals surface area contributed by atoms with Crippen LogP contribution in [0.4, 0.5) is 26.3 Å². The first-order valence-electron chi connectivity index (χ1n) is 8.94. The van der Waals surface area contributed by atoms with Crippen LogP contribution in [0.3, 0.4) is 0 Å². The SMILES string of the molecule is C=C(C)C(=O)OCCCC1CC2CC(CC(O)(C(F)(F)F)C(F)(F)F)C1C2. The maximum atomic E-state index is 13.0. The minimum absolute atomic E-state index is 0.0111. The van der Waals surface area contributed by atoms with Crippen molar-refractivity contribution < 1.29 is 41.0 Å². The molecule has 0 spiro atoms. The van der Waals surface area contributed by atoms with E-state index in [-0.39, 0.29) is 36.4 Å². The maximum absolute atomic E-state index is 13.0. The van der Waals surface area contributed by atoms with E-state index in [9.17, 15) is 36.2 Å². The third-order valence-corrected chi connectivity index (χ3v) is 5.89. The fraction of sp³-hybridized carbons (Fsp3) is 0.833. The minimum atomic E-state index is -5.76. The molecule has 0 radical (unpaired) electrons. The third kappa shape index (κ3) is 4.60. The predicted octanol–water partition coefficient (Wildman–Crippen LogP) is 4.79. The van der Waals surface area contributed by atoms with Gasteiger partial charge in [-0.1, -0.05) is 6.58 Å². The smallest absolute Gasteiger partial charge is 0.426 e. The Balaban J connectivity index is 1.95. The molecule has 0 aromatic carbocycles. The summed E-state index contributed by atoms with van der Waals surface area (Å²) in [6.07, 6.45) is -10.2. The summed E-state index contributed by atoms with van der Waals surface area (Å²) in [6.45, 7) is 5.09. The van der Waals surface area contributed by atoms with Crippen LogP contribution in [0, 0.1) is 23.7 Å². The van der Waals surface area contributed by atoms with Gasteiger partial charge in [0.15, 0.2) is 0 Å². The van der Waals surface area contributed by atoms with Gasteiger partial charge in [-0.2, -0.15) is 26.3 Å². The summed E-state index contributed by atoms with van der Waals surface area (Å²) in [4.78, 5) is 11.3. The summed E-state index contributed by atoms with van der Waals surface area (Å²) < 4.78 is 82.7. The molecule has 0 amide bonds. The zero-order valence-corrected chi connectivity index (χ0v) is 15.0. The average molecular weight is 402 g/mol. The molecule has 2 aliphatic carbocycles. The normalized spacial score (nSPS) is 28.4. The lowest BCUT2D eigenvalue weighted by Gasteiger charge is -2.38.